The molecule has 280 valence electrons. The Labute approximate surface area is 319 Å². The summed E-state index contributed by atoms with van der Waals surface area (Å²) in [6.07, 6.45) is 0.996. The molecule has 0 saturated carbocycles. The zero-order valence-corrected chi connectivity index (χ0v) is 35.5. The van der Waals surface area contributed by atoms with Gasteiger partial charge in [0.2, 0.25) is 0 Å². The number of fused-ring (bicyclic) bond motifs is 5. The lowest BCUT2D eigenvalue weighted by Gasteiger charge is -2.31. The van der Waals surface area contributed by atoms with Crippen LogP contribution in [0.2, 0.25) is 0 Å². The Balaban J connectivity index is 0.00000103. The minimum atomic E-state index is 0.869. The van der Waals surface area contributed by atoms with Crippen LogP contribution in [0.15, 0.2) is 115 Å². The highest BCUT2D eigenvalue weighted by Gasteiger charge is 2.27. The van der Waals surface area contributed by atoms with Gasteiger partial charge in [-0.3, -0.25) is 0 Å². The molecule has 6 aromatic carbocycles. The number of rotatable bonds is 6. The van der Waals surface area contributed by atoms with Gasteiger partial charge >= 0.3 is 0 Å². The van der Waals surface area contributed by atoms with Gasteiger partial charge < -0.3 is 9.80 Å². The predicted octanol–water partition coefficient (Wildman–Crippen LogP) is 16.0. The van der Waals surface area contributed by atoms with Crippen molar-refractivity contribution in [3.8, 4) is 22.3 Å². The van der Waals surface area contributed by atoms with Crippen LogP contribution < -0.4 is 9.80 Å². The molecule has 2 heteroatoms. The molecule has 0 unspecified atom stereocenters. The summed E-state index contributed by atoms with van der Waals surface area (Å²) in [5.74, 6) is 0. The van der Waals surface area contributed by atoms with Gasteiger partial charge in [-0.2, -0.15) is 0 Å². The number of anilines is 3. The van der Waals surface area contributed by atoms with Gasteiger partial charge in [-0.1, -0.05) is 180 Å². The summed E-state index contributed by atoms with van der Waals surface area (Å²) in [4.78, 5) is 4.92. The quantitative estimate of drug-likeness (QED) is 0.171. The maximum Gasteiger partial charge on any atom is 0.0498 e. The molecule has 0 amide bonds. The molecule has 1 aliphatic carbocycles. The van der Waals surface area contributed by atoms with Gasteiger partial charge in [0.15, 0.2) is 0 Å². The van der Waals surface area contributed by atoms with Crippen LogP contribution >= 0.6 is 0 Å². The number of benzene rings is 6. The molecule has 0 atom stereocenters. The van der Waals surface area contributed by atoms with E-state index in [1.807, 2.05) is 83.1 Å². The monoisotopic (exact) mass is 699 g/mol. The van der Waals surface area contributed by atoms with E-state index in [2.05, 4.69) is 146 Å². The van der Waals surface area contributed by atoms with Crippen molar-refractivity contribution in [3.05, 3.63) is 126 Å². The molecular formula is C50H70N2. The second-order valence-corrected chi connectivity index (χ2v) is 10.8. The third-order valence-corrected chi connectivity index (χ3v) is 8.64. The SMILES string of the molecule is CC.CC.CC.CC.CC.CC.CCN(C)c1ccc2ccccc2c1-c1c(N(CC)c2cccc3c2-c2ccccc2C3)ccc2ccccc12. The van der Waals surface area contributed by atoms with Gasteiger partial charge in [0.05, 0.1) is 0 Å². The molecular weight excluding hydrogens is 629 g/mol. The largest absolute Gasteiger partial charge is 0.374 e. The lowest BCUT2D eigenvalue weighted by molar-refractivity contribution is 0.970. The second kappa shape index (κ2) is 24.6. The highest BCUT2D eigenvalue weighted by Crippen LogP contribution is 2.50. The Bertz CT molecular complexity index is 1880. The average molecular weight is 699 g/mol. The van der Waals surface area contributed by atoms with E-state index in [1.54, 1.807) is 0 Å². The van der Waals surface area contributed by atoms with Crippen molar-refractivity contribution >= 4 is 38.6 Å². The fraction of sp³-hybridized carbons (Fsp3) is 0.360. The lowest BCUT2D eigenvalue weighted by Crippen LogP contribution is -2.20. The highest BCUT2D eigenvalue weighted by molar-refractivity contribution is 6.14. The topological polar surface area (TPSA) is 6.48 Å². The molecule has 0 saturated heterocycles. The molecule has 0 N–H and O–H groups in total. The van der Waals surface area contributed by atoms with Crippen molar-refractivity contribution in [1.82, 2.24) is 0 Å². The Morgan fingerprint density at radius 1 is 0.404 bits per heavy atom. The molecule has 0 bridgehead atoms. The van der Waals surface area contributed by atoms with Gasteiger partial charge in [0, 0.05) is 53.9 Å². The summed E-state index contributed by atoms with van der Waals surface area (Å²) in [7, 11) is 2.21. The molecule has 6 aromatic rings. The summed E-state index contributed by atoms with van der Waals surface area (Å²) in [6, 6.07) is 42.7. The van der Waals surface area contributed by atoms with Gasteiger partial charge in [-0.05, 0) is 76.7 Å². The van der Waals surface area contributed by atoms with E-state index in [-0.39, 0.29) is 0 Å². The Hall–Kier alpha value is -4.56. The van der Waals surface area contributed by atoms with E-state index in [0.717, 1.165) is 19.5 Å². The van der Waals surface area contributed by atoms with E-state index in [0.29, 0.717) is 0 Å². The lowest BCUT2D eigenvalue weighted by atomic mass is 9.89. The van der Waals surface area contributed by atoms with Gasteiger partial charge in [-0.25, -0.2) is 0 Å². The molecule has 0 spiro atoms. The summed E-state index contributed by atoms with van der Waals surface area (Å²) >= 11 is 0. The molecule has 0 heterocycles. The first-order valence-corrected chi connectivity index (χ1v) is 20.4. The molecule has 0 aromatic heterocycles. The molecule has 0 fully saturated rings. The molecule has 1 aliphatic rings. The highest BCUT2D eigenvalue weighted by atomic mass is 15.1. The summed E-state index contributed by atoms with van der Waals surface area (Å²) in [5, 5.41) is 5.10. The van der Waals surface area contributed by atoms with E-state index < -0.39 is 0 Å². The van der Waals surface area contributed by atoms with Crippen molar-refractivity contribution in [2.75, 3.05) is 29.9 Å². The number of hydrogen-bond acceptors (Lipinski definition) is 2. The first kappa shape index (κ1) is 45.5. The second-order valence-electron chi connectivity index (χ2n) is 10.8. The predicted molar refractivity (Wildman–Crippen MR) is 241 cm³/mol. The molecule has 52 heavy (non-hydrogen) atoms. The third kappa shape index (κ3) is 9.65. The average Bonchev–Trinajstić information content (AvgIpc) is 3.64. The van der Waals surface area contributed by atoms with Crippen LogP contribution in [-0.2, 0) is 6.42 Å². The molecule has 7 rings (SSSR count). The van der Waals surface area contributed by atoms with Gasteiger partial charge in [-0.15, -0.1) is 0 Å². The zero-order chi connectivity index (χ0) is 39.2. The van der Waals surface area contributed by atoms with Crippen LogP contribution in [0.4, 0.5) is 17.1 Å². The minimum absolute atomic E-state index is 0.869. The maximum absolute atomic E-state index is 2.54. The first-order valence-electron chi connectivity index (χ1n) is 20.4. The fourth-order valence-corrected chi connectivity index (χ4v) is 6.62. The number of nitrogens with zero attached hydrogens (tertiary/aromatic N) is 2. The van der Waals surface area contributed by atoms with E-state index in [9.17, 15) is 0 Å². The fourth-order valence-electron chi connectivity index (χ4n) is 6.62. The number of hydrogen-bond donors (Lipinski definition) is 0. The summed E-state index contributed by atoms with van der Waals surface area (Å²) < 4.78 is 0. The van der Waals surface area contributed by atoms with Crippen LogP contribution in [0.3, 0.4) is 0 Å². The van der Waals surface area contributed by atoms with Crippen molar-refractivity contribution in [3.63, 3.8) is 0 Å². The minimum Gasteiger partial charge on any atom is -0.374 e. The van der Waals surface area contributed by atoms with Crippen molar-refractivity contribution in [2.24, 2.45) is 0 Å². The van der Waals surface area contributed by atoms with Crippen LogP contribution in [-0.4, -0.2) is 20.1 Å². The Kier molecular flexibility index (Phi) is 21.5. The first-order chi connectivity index (χ1) is 25.7. The van der Waals surface area contributed by atoms with Crippen LogP contribution in [0, 0.1) is 0 Å². The smallest absolute Gasteiger partial charge is 0.0498 e. The molecule has 0 aliphatic heterocycles. The van der Waals surface area contributed by atoms with Crippen molar-refractivity contribution in [1.29, 1.82) is 0 Å². The maximum atomic E-state index is 2.54. The van der Waals surface area contributed by atoms with E-state index in [4.69, 9.17) is 0 Å². The Morgan fingerprint density at radius 3 is 1.38 bits per heavy atom. The van der Waals surface area contributed by atoms with Crippen molar-refractivity contribution in [2.45, 2.75) is 103 Å². The summed E-state index contributed by atoms with van der Waals surface area (Å²) in [6.45, 7) is 30.3. The van der Waals surface area contributed by atoms with Gasteiger partial charge in [0.1, 0.15) is 0 Å². The standard InChI is InChI=1S/C38H34N2.6C2H6/c1-4-39(3)33-23-21-26-13-6-9-17-30(26)37(33)38-31-18-10-7-14-27(31)22-24-35(38)40(5-2)34-20-12-16-29-25-28-15-8-11-19-32(28)36(29)34;6*1-2/h6-24H,4-5,25H2,1-3H3;6*1-2H3. The van der Waals surface area contributed by atoms with Crippen LogP contribution in [0.1, 0.15) is 108 Å². The Morgan fingerprint density at radius 2 is 0.846 bits per heavy atom. The zero-order valence-electron chi connectivity index (χ0n) is 35.5. The van der Waals surface area contributed by atoms with E-state index >= 15 is 0 Å². The van der Waals surface area contributed by atoms with Crippen molar-refractivity contribution < 1.29 is 0 Å². The van der Waals surface area contributed by atoms with Crippen LogP contribution in [0.5, 0.6) is 0 Å². The molecule has 2 nitrogen and oxygen atoms in total. The normalized spacial score (nSPS) is 9.90. The van der Waals surface area contributed by atoms with Gasteiger partial charge in [0.25, 0.3) is 0 Å². The molecule has 0 radical (unpaired) electrons. The van der Waals surface area contributed by atoms with Crippen LogP contribution in [0.25, 0.3) is 43.8 Å². The van der Waals surface area contributed by atoms with E-state index in [1.165, 1.54) is 72.0 Å². The summed E-state index contributed by atoms with van der Waals surface area (Å²) in [5.41, 5.74) is 12.0. The third-order valence-electron chi connectivity index (χ3n) is 8.64.